The zero-order valence-corrected chi connectivity index (χ0v) is 17.6. The second-order valence-electron chi connectivity index (χ2n) is 7.56. The van der Waals surface area contributed by atoms with E-state index in [1.807, 2.05) is 42.6 Å². The summed E-state index contributed by atoms with van der Waals surface area (Å²) in [6.45, 7) is 9.09. The molecule has 0 radical (unpaired) electrons. The van der Waals surface area contributed by atoms with Gasteiger partial charge in [-0.25, -0.2) is 0 Å². The Kier molecular flexibility index (Phi) is 5.88. The third-order valence-electron chi connectivity index (χ3n) is 5.42. The number of hydrazine groups is 1. The molecule has 0 bridgehead atoms. The summed E-state index contributed by atoms with van der Waals surface area (Å²) in [6.07, 6.45) is 6.25. The molecule has 1 aliphatic carbocycles. The number of pyridine rings is 1. The minimum absolute atomic E-state index is 0.738. The van der Waals surface area contributed by atoms with Crippen LogP contribution in [-0.4, -0.2) is 11.5 Å². The van der Waals surface area contributed by atoms with Gasteiger partial charge < -0.3 is 10.3 Å². The lowest BCUT2D eigenvalue weighted by molar-refractivity contribution is 0.812. The first kappa shape index (κ1) is 20.2. The molecule has 0 atom stereocenters. The number of nitrogens with zero attached hydrogens (tertiary/aromatic N) is 2. The molecule has 3 N–H and O–H groups in total. The zero-order valence-electron chi connectivity index (χ0n) is 16.8. The first-order valence-corrected chi connectivity index (χ1v) is 10.4. The maximum absolute atomic E-state index is 6.08. The molecule has 1 aliphatic rings. The number of nitrogen functional groups attached to an aromatic ring is 1. The molecule has 0 unspecified atom stereocenters. The zero-order chi connectivity index (χ0) is 21.1. The van der Waals surface area contributed by atoms with Crippen molar-refractivity contribution in [2.45, 2.75) is 12.8 Å². The van der Waals surface area contributed by atoms with Gasteiger partial charge in [0.2, 0.25) is 0 Å². The van der Waals surface area contributed by atoms with Gasteiger partial charge in [-0.05, 0) is 78.4 Å². The van der Waals surface area contributed by atoms with Gasteiger partial charge in [0.05, 0.1) is 23.3 Å². The first-order valence-electron chi connectivity index (χ1n) is 10.0. The van der Waals surface area contributed by atoms with Crippen molar-refractivity contribution in [3.05, 3.63) is 95.8 Å². The smallest absolute Gasteiger partial charge is 0.0703 e. The Bertz CT molecular complexity index is 1050. The van der Waals surface area contributed by atoms with E-state index >= 15 is 0 Å². The Morgan fingerprint density at radius 1 is 1.13 bits per heavy atom. The van der Waals surface area contributed by atoms with Crippen LogP contribution in [0.2, 0.25) is 5.02 Å². The molecule has 4 rings (SSSR count). The number of anilines is 3. The molecule has 1 fully saturated rings. The van der Waals surface area contributed by atoms with Crippen molar-refractivity contribution in [3.63, 3.8) is 0 Å². The normalized spacial score (nSPS) is 13.0. The minimum atomic E-state index is 0.738. The standard InChI is InChI=1S/C25H25ClN4/c1-3-19-14-20(6-12-25(19)29-27)17(2)24-13-11-23(15-28-24)30(16-18-4-5-18)22-9-7-21(26)8-10-22/h3,6-15,18,29H,1-2,4-5,16,27H2. The Morgan fingerprint density at radius 2 is 1.87 bits per heavy atom. The van der Waals surface area contributed by atoms with Crippen LogP contribution >= 0.6 is 11.6 Å². The molecule has 4 nitrogen and oxygen atoms in total. The number of nitrogens with one attached hydrogen (secondary N) is 1. The van der Waals surface area contributed by atoms with E-state index < -0.39 is 0 Å². The van der Waals surface area contributed by atoms with Crippen molar-refractivity contribution in [3.8, 4) is 0 Å². The summed E-state index contributed by atoms with van der Waals surface area (Å²) in [6, 6.07) is 18.0. The number of hydrogen-bond donors (Lipinski definition) is 2. The van der Waals surface area contributed by atoms with Gasteiger partial charge in [-0.2, -0.15) is 0 Å². The van der Waals surface area contributed by atoms with Crippen molar-refractivity contribution < 1.29 is 0 Å². The summed E-state index contributed by atoms with van der Waals surface area (Å²) in [4.78, 5) is 7.02. The number of halogens is 1. The second-order valence-corrected chi connectivity index (χ2v) is 8.00. The van der Waals surface area contributed by atoms with Crippen LogP contribution in [0.5, 0.6) is 0 Å². The topological polar surface area (TPSA) is 54.2 Å². The molecule has 1 aromatic heterocycles. The van der Waals surface area contributed by atoms with Crippen LogP contribution in [0.4, 0.5) is 17.1 Å². The molecule has 0 aliphatic heterocycles. The van der Waals surface area contributed by atoms with E-state index in [-0.39, 0.29) is 0 Å². The highest BCUT2D eigenvalue weighted by atomic mass is 35.5. The molecule has 3 aromatic rings. The van der Waals surface area contributed by atoms with E-state index in [9.17, 15) is 0 Å². The lowest BCUT2D eigenvalue weighted by Gasteiger charge is -2.25. The summed E-state index contributed by atoms with van der Waals surface area (Å²) in [7, 11) is 0. The highest BCUT2D eigenvalue weighted by Crippen LogP contribution is 2.36. The quantitative estimate of drug-likeness (QED) is 0.335. The Labute approximate surface area is 182 Å². The molecule has 5 heteroatoms. The molecule has 1 saturated carbocycles. The van der Waals surface area contributed by atoms with E-state index in [0.29, 0.717) is 0 Å². The fourth-order valence-corrected chi connectivity index (χ4v) is 3.59. The van der Waals surface area contributed by atoms with E-state index in [1.54, 1.807) is 6.08 Å². The van der Waals surface area contributed by atoms with Crippen LogP contribution < -0.4 is 16.2 Å². The van der Waals surface area contributed by atoms with Gasteiger partial charge in [-0.15, -0.1) is 0 Å². The Hall–Kier alpha value is -3.08. The van der Waals surface area contributed by atoms with Crippen LogP contribution in [-0.2, 0) is 0 Å². The van der Waals surface area contributed by atoms with Crippen LogP contribution in [0.3, 0.4) is 0 Å². The van der Waals surface area contributed by atoms with Gasteiger partial charge in [-0.3, -0.25) is 10.8 Å². The molecule has 0 saturated heterocycles. The minimum Gasteiger partial charge on any atom is -0.340 e. The van der Waals surface area contributed by atoms with Crippen molar-refractivity contribution in [1.82, 2.24) is 4.98 Å². The van der Waals surface area contributed by atoms with Gasteiger partial charge >= 0.3 is 0 Å². The fourth-order valence-electron chi connectivity index (χ4n) is 3.46. The summed E-state index contributed by atoms with van der Waals surface area (Å²) >= 11 is 6.08. The highest BCUT2D eigenvalue weighted by Gasteiger charge is 2.25. The molecule has 0 amide bonds. The third-order valence-corrected chi connectivity index (χ3v) is 5.67. The molecular formula is C25H25ClN4. The average molecular weight is 417 g/mol. The lowest BCUT2D eigenvalue weighted by atomic mass is 10.0. The van der Waals surface area contributed by atoms with E-state index in [1.165, 1.54) is 12.8 Å². The van der Waals surface area contributed by atoms with Crippen LogP contribution in [0, 0.1) is 5.92 Å². The van der Waals surface area contributed by atoms with Gasteiger partial charge in [0.15, 0.2) is 0 Å². The number of hydrogen-bond acceptors (Lipinski definition) is 4. The van der Waals surface area contributed by atoms with Gasteiger partial charge in [-0.1, -0.05) is 36.9 Å². The van der Waals surface area contributed by atoms with Crippen molar-refractivity contribution >= 4 is 40.3 Å². The largest absolute Gasteiger partial charge is 0.340 e. The number of aromatic nitrogens is 1. The van der Waals surface area contributed by atoms with Crippen LogP contribution in [0.15, 0.2) is 74.0 Å². The SMILES string of the molecule is C=Cc1cc(C(=C)c2ccc(N(CC3CC3)c3ccc(Cl)cc3)cn2)ccc1NN. The maximum atomic E-state index is 6.08. The number of nitrogens with two attached hydrogens (primary N) is 1. The molecule has 2 aromatic carbocycles. The number of rotatable bonds is 8. The molecule has 0 spiro atoms. The molecule has 30 heavy (non-hydrogen) atoms. The summed E-state index contributed by atoms with van der Waals surface area (Å²) in [5, 5.41) is 0.740. The van der Waals surface area contributed by atoms with Crippen molar-refractivity contribution in [1.29, 1.82) is 0 Å². The Balaban J connectivity index is 1.59. The summed E-state index contributed by atoms with van der Waals surface area (Å²) < 4.78 is 0. The maximum Gasteiger partial charge on any atom is 0.0703 e. The summed E-state index contributed by atoms with van der Waals surface area (Å²) in [5.74, 6) is 6.30. The molecular weight excluding hydrogens is 392 g/mol. The molecule has 1 heterocycles. The Morgan fingerprint density at radius 3 is 2.47 bits per heavy atom. The van der Waals surface area contributed by atoms with E-state index in [0.717, 1.165) is 56.9 Å². The van der Waals surface area contributed by atoms with Crippen molar-refractivity contribution in [2.24, 2.45) is 11.8 Å². The average Bonchev–Trinajstić information content (AvgIpc) is 3.61. The predicted molar refractivity (Wildman–Crippen MR) is 128 cm³/mol. The molecule has 152 valence electrons. The van der Waals surface area contributed by atoms with Crippen molar-refractivity contribution in [2.75, 3.05) is 16.9 Å². The fraction of sp³-hybridized carbons (Fsp3) is 0.160. The second kappa shape index (κ2) is 8.74. The monoisotopic (exact) mass is 416 g/mol. The lowest BCUT2D eigenvalue weighted by Crippen LogP contribution is -2.20. The first-order chi connectivity index (χ1) is 14.6. The number of benzene rings is 2. The van der Waals surface area contributed by atoms with Gasteiger partial charge in [0.25, 0.3) is 0 Å². The predicted octanol–water partition coefficient (Wildman–Crippen LogP) is 6.27. The summed E-state index contributed by atoms with van der Waals surface area (Å²) in [5.41, 5.74) is 9.29. The third kappa shape index (κ3) is 4.40. The highest BCUT2D eigenvalue weighted by molar-refractivity contribution is 6.30. The van der Waals surface area contributed by atoms with E-state index in [2.05, 4.69) is 41.7 Å². The van der Waals surface area contributed by atoms with Gasteiger partial charge in [0.1, 0.15) is 0 Å². The van der Waals surface area contributed by atoms with E-state index in [4.69, 9.17) is 22.4 Å². The van der Waals surface area contributed by atoms with Crippen LogP contribution in [0.1, 0.15) is 29.7 Å². The van der Waals surface area contributed by atoms with Gasteiger partial charge in [0, 0.05) is 22.8 Å². The van der Waals surface area contributed by atoms with Crippen LogP contribution in [0.25, 0.3) is 11.6 Å².